The van der Waals surface area contributed by atoms with E-state index in [1.54, 1.807) is 19.9 Å². The van der Waals surface area contributed by atoms with Gasteiger partial charge in [0, 0.05) is 32.2 Å². The molecule has 0 aromatic heterocycles. The van der Waals surface area contributed by atoms with Crippen LogP contribution in [0.5, 0.6) is 0 Å². The van der Waals surface area contributed by atoms with Crippen LogP contribution in [0.2, 0.25) is 0 Å². The van der Waals surface area contributed by atoms with Gasteiger partial charge in [0.2, 0.25) is 10.0 Å². The van der Waals surface area contributed by atoms with E-state index >= 15 is 0 Å². The van der Waals surface area contributed by atoms with Crippen molar-refractivity contribution in [1.29, 1.82) is 0 Å². The molecule has 1 aliphatic heterocycles. The topological polar surface area (TPSA) is 95.0 Å². The van der Waals surface area contributed by atoms with Crippen molar-refractivity contribution in [1.82, 2.24) is 9.21 Å². The summed E-state index contributed by atoms with van der Waals surface area (Å²) in [6.07, 6.45) is 1.49. The quantitative estimate of drug-likeness (QED) is 0.796. The summed E-state index contributed by atoms with van der Waals surface area (Å²) in [4.78, 5) is 24.8. The molecule has 0 aliphatic carbocycles. The standard InChI is InChI=1S/C19H28N2O5S/c1-13-5-9-21(10-6-13)27(25,26)17-12-16(11-14(2)15(17)3)19(24)20(4)8-7-18(22)23/h11-13H,5-10H2,1-4H3,(H,22,23). The molecule has 1 saturated heterocycles. The van der Waals surface area contributed by atoms with Crippen molar-refractivity contribution in [2.75, 3.05) is 26.7 Å². The second kappa shape index (κ2) is 8.39. The predicted molar refractivity (Wildman–Crippen MR) is 102 cm³/mol. The lowest BCUT2D eigenvalue weighted by Gasteiger charge is -2.30. The van der Waals surface area contributed by atoms with Crippen molar-refractivity contribution in [2.24, 2.45) is 5.92 Å². The van der Waals surface area contributed by atoms with Crippen molar-refractivity contribution in [3.8, 4) is 0 Å². The minimum absolute atomic E-state index is 0.0627. The van der Waals surface area contributed by atoms with E-state index in [0.717, 1.165) is 18.4 Å². The van der Waals surface area contributed by atoms with E-state index < -0.39 is 16.0 Å². The van der Waals surface area contributed by atoms with Gasteiger partial charge < -0.3 is 10.0 Å². The molecule has 0 saturated carbocycles. The summed E-state index contributed by atoms with van der Waals surface area (Å²) in [7, 11) is -2.16. The number of nitrogens with zero attached hydrogens (tertiary/aromatic N) is 2. The normalized spacial score (nSPS) is 16.3. The minimum atomic E-state index is -3.68. The monoisotopic (exact) mass is 396 g/mol. The van der Waals surface area contributed by atoms with Gasteiger partial charge in [0.05, 0.1) is 11.3 Å². The van der Waals surface area contributed by atoms with Crippen LogP contribution in [0.3, 0.4) is 0 Å². The number of rotatable bonds is 6. The predicted octanol–water partition coefficient (Wildman–Crippen LogP) is 2.27. The first-order valence-corrected chi connectivity index (χ1v) is 10.6. The Morgan fingerprint density at radius 1 is 1.22 bits per heavy atom. The summed E-state index contributed by atoms with van der Waals surface area (Å²) in [6.45, 7) is 6.67. The highest BCUT2D eigenvalue weighted by molar-refractivity contribution is 7.89. The van der Waals surface area contributed by atoms with Crippen molar-refractivity contribution in [3.05, 3.63) is 28.8 Å². The van der Waals surface area contributed by atoms with E-state index in [2.05, 4.69) is 6.92 Å². The molecule has 1 fully saturated rings. The number of carbonyl (C=O) groups excluding carboxylic acids is 1. The molecule has 1 amide bonds. The molecule has 150 valence electrons. The maximum Gasteiger partial charge on any atom is 0.305 e. The van der Waals surface area contributed by atoms with Gasteiger partial charge in [-0.3, -0.25) is 9.59 Å². The van der Waals surface area contributed by atoms with Crippen LogP contribution in [0.25, 0.3) is 0 Å². The van der Waals surface area contributed by atoms with Gasteiger partial charge in [-0.1, -0.05) is 6.92 Å². The summed E-state index contributed by atoms with van der Waals surface area (Å²) >= 11 is 0. The molecular weight excluding hydrogens is 368 g/mol. The van der Waals surface area contributed by atoms with Crippen LogP contribution in [-0.2, 0) is 14.8 Å². The molecule has 1 heterocycles. The van der Waals surface area contributed by atoms with Crippen LogP contribution < -0.4 is 0 Å². The third kappa shape index (κ3) is 4.87. The van der Waals surface area contributed by atoms with E-state index in [-0.39, 0.29) is 29.3 Å². The minimum Gasteiger partial charge on any atom is -0.481 e. The molecule has 0 unspecified atom stereocenters. The van der Waals surface area contributed by atoms with Crippen LogP contribution in [0, 0.1) is 19.8 Å². The zero-order valence-electron chi connectivity index (χ0n) is 16.4. The van der Waals surface area contributed by atoms with E-state index in [0.29, 0.717) is 24.6 Å². The summed E-state index contributed by atoms with van der Waals surface area (Å²) < 4.78 is 27.8. The number of hydrogen-bond acceptors (Lipinski definition) is 4. The van der Waals surface area contributed by atoms with Crippen molar-refractivity contribution in [2.45, 2.75) is 44.9 Å². The lowest BCUT2D eigenvalue weighted by Crippen LogP contribution is -2.38. The number of aryl methyl sites for hydroxylation is 1. The number of piperidine rings is 1. The fourth-order valence-electron chi connectivity index (χ4n) is 3.17. The SMILES string of the molecule is Cc1cc(C(=O)N(C)CCC(=O)O)cc(S(=O)(=O)N2CCC(C)CC2)c1C. The van der Waals surface area contributed by atoms with Gasteiger partial charge in [0.25, 0.3) is 5.91 Å². The molecule has 7 nitrogen and oxygen atoms in total. The number of carboxylic acids is 1. The molecule has 0 radical (unpaired) electrons. The van der Waals surface area contributed by atoms with Gasteiger partial charge in [-0.25, -0.2) is 8.42 Å². The lowest BCUT2D eigenvalue weighted by atomic mass is 10.0. The van der Waals surface area contributed by atoms with Gasteiger partial charge in [0.1, 0.15) is 0 Å². The Morgan fingerprint density at radius 2 is 1.81 bits per heavy atom. The Kier molecular flexibility index (Phi) is 6.64. The zero-order valence-corrected chi connectivity index (χ0v) is 17.2. The summed E-state index contributed by atoms with van der Waals surface area (Å²) in [5.41, 5.74) is 1.62. The molecular formula is C19H28N2O5S. The number of carboxylic acid groups (broad SMARTS) is 1. The van der Waals surface area contributed by atoms with Crippen LogP contribution >= 0.6 is 0 Å². The van der Waals surface area contributed by atoms with Crippen LogP contribution in [0.1, 0.15) is 47.7 Å². The van der Waals surface area contributed by atoms with Gasteiger partial charge in [-0.2, -0.15) is 4.31 Å². The molecule has 1 aromatic carbocycles. The maximum atomic E-state index is 13.1. The zero-order chi connectivity index (χ0) is 20.4. The van der Waals surface area contributed by atoms with Crippen molar-refractivity contribution >= 4 is 21.9 Å². The fourth-order valence-corrected chi connectivity index (χ4v) is 4.96. The molecule has 0 atom stereocenters. The average Bonchev–Trinajstić information content (AvgIpc) is 2.61. The lowest BCUT2D eigenvalue weighted by molar-refractivity contribution is -0.137. The molecule has 27 heavy (non-hydrogen) atoms. The Hall–Kier alpha value is -1.93. The molecule has 0 bridgehead atoms. The van der Waals surface area contributed by atoms with Crippen LogP contribution in [-0.4, -0.2) is 61.3 Å². The second-order valence-corrected chi connectivity index (χ2v) is 9.28. The smallest absolute Gasteiger partial charge is 0.305 e. The summed E-state index contributed by atoms with van der Waals surface area (Å²) in [5, 5.41) is 8.79. The highest BCUT2D eigenvalue weighted by Gasteiger charge is 2.30. The molecule has 2 rings (SSSR count). The van der Waals surface area contributed by atoms with Gasteiger partial charge >= 0.3 is 5.97 Å². The van der Waals surface area contributed by atoms with E-state index in [1.807, 2.05) is 0 Å². The number of hydrogen-bond donors (Lipinski definition) is 1. The highest BCUT2D eigenvalue weighted by atomic mass is 32.2. The van der Waals surface area contributed by atoms with Crippen LogP contribution in [0.15, 0.2) is 17.0 Å². The number of sulfonamides is 1. The van der Waals surface area contributed by atoms with E-state index in [9.17, 15) is 18.0 Å². The number of aliphatic carboxylic acids is 1. The first-order valence-electron chi connectivity index (χ1n) is 9.12. The summed E-state index contributed by atoms with van der Waals surface area (Å²) in [5.74, 6) is -0.865. The third-order valence-electron chi connectivity index (χ3n) is 5.23. The fraction of sp³-hybridized carbons (Fsp3) is 0.579. The first kappa shape index (κ1) is 21.4. The van der Waals surface area contributed by atoms with Gasteiger partial charge in [-0.15, -0.1) is 0 Å². The number of benzene rings is 1. The molecule has 1 N–H and O–H groups in total. The Bertz CT molecular complexity index is 827. The van der Waals surface area contributed by atoms with Gasteiger partial charge in [0.15, 0.2) is 0 Å². The third-order valence-corrected chi connectivity index (χ3v) is 7.26. The Balaban J connectivity index is 2.35. The van der Waals surface area contributed by atoms with E-state index in [1.165, 1.54) is 22.3 Å². The maximum absolute atomic E-state index is 13.1. The Morgan fingerprint density at radius 3 is 2.37 bits per heavy atom. The Labute approximate surface area is 161 Å². The highest BCUT2D eigenvalue weighted by Crippen LogP contribution is 2.28. The molecule has 1 aliphatic rings. The largest absolute Gasteiger partial charge is 0.481 e. The van der Waals surface area contributed by atoms with Crippen molar-refractivity contribution < 1.29 is 23.1 Å². The second-order valence-electron chi connectivity index (χ2n) is 7.37. The average molecular weight is 397 g/mol. The van der Waals surface area contributed by atoms with Gasteiger partial charge in [-0.05, 0) is 55.9 Å². The molecule has 0 spiro atoms. The van der Waals surface area contributed by atoms with Crippen LogP contribution in [0.4, 0.5) is 0 Å². The first-order chi connectivity index (χ1) is 12.5. The molecule has 8 heteroatoms. The van der Waals surface area contributed by atoms with Crippen molar-refractivity contribution in [3.63, 3.8) is 0 Å². The number of carbonyl (C=O) groups is 2. The summed E-state index contributed by atoms with van der Waals surface area (Å²) in [6, 6.07) is 3.08. The molecule has 1 aromatic rings. The number of amides is 1. The van der Waals surface area contributed by atoms with E-state index in [4.69, 9.17) is 5.11 Å².